The van der Waals surface area contributed by atoms with Crippen LogP contribution in [0, 0.1) is 12.7 Å². The van der Waals surface area contributed by atoms with Gasteiger partial charge >= 0.3 is 120 Å². The van der Waals surface area contributed by atoms with Crippen LogP contribution in [0.25, 0.3) is 0 Å². The standard InChI is InChI=1S/C12H12FN3O2Te/c1-8-3-12(17)16(19-2)11(15-8)7-18-10-4-9(13)5-14-6-10/h3-6H,7H2,1-2H3. The topological polar surface area (TPSA) is 57.0 Å². The maximum absolute atomic E-state index is 13.0. The first-order chi connectivity index (χ1) is 9.10. The van der Waals surface area contributed by atoms with Gasteiger partial charge in [-0.3, -0.25) is 0 Å². The molecule has 0 spiro atoms. The third-order valence-corrected chi connectivity index (χ3v) is 4.46. The van der Waals surface area contributed by atoms with E-state index in [-0.39, 0.29) is 12.2 Å². The van der Waals surface area contributed by atoms with Crippen LogP contribution in [0.5, 0.6) is 5.75 Å². The number of halogens is 1. The second-order valence-electron chi connectivity index (χ2n) is 3.76. The molecule has 2 heterocycles. The summed E-state index contributed by atoms with van der Waals surface area (Å²) < 4.78 is 20.0. The summed E-state index contributed by atoms with van der Waals surface area (Å²) >= 11 is -0.640. The number of aromatic nitrogens is 3. The van der Waals surface area contributed by atoms with Gasteiger partial charge in [0, 0.05) is 0 Å². The molecule has 0 atom stereocenters. The minimum absolute atomic E-state index is 0.0617. The molecule has 0 radical (unpaired) electrons. The fraction of sp³-hybridized carbons (Fsp3) is 0.250. The van der Waals surface area contributed by atoms with Crippen molar-refractivity contribution in [3.05, 3.63) is 52.2 Å². The summed E-state index contributed by atoms with van der Waals surface area (Å²) in [5.41, 5.74) is 0.589. The van der Waals surface area contributed by atoms with Crippen molar-refractivity contribution in [3.63, 3.8) is 0 Å². The first kappa shape index (κ1) is 14.0. The number of hydrogen-bond donors (Lipinski definition) is 0. The van der Waals surface area contributed by atoms with Gasteiger partial charge < -0.3 is 0 Å². The number of hydrogen-bond acceptors (Lipinski definition) is 4. The van der Waals surface area contributed by atoms with E-state index in [4.69, 9.17) is 4.74 Å². The normalized spacial score (nSPS) is 10.5. The Kier molecular flexibility index (Phi) is 4.51. The van der Waals surface area contributed by atoms with Crippen molar-refractivity contribution >= 4 is 21.2 Å². The average Bonchev–Trinajstić information content (AvgIpc) is 2.36. The first-order valence-electron chi connectivity index (χ1n) is 5.47. The van der Waals surface area contributed by atoms with E-state index in [1.807, 2.05) is 4.97 Å². The number of ether oxygens (including phenoxy) is 1. The van der Waals surface area contributed by atoms with Crippen molar-refractivity contribution in [2.45, 2.75) is 18.5 Å². The van der Waals surface area contributed by atoms with Crippen molar-refractivity contribution in [2.24, 2.45) is 0 Å². The van der Waals surface area contributed by atoms with E-state index in [1.165, 1.54) is 18.3 Å². The molecule has 2 aromatic rings. The molecule has 2 aromatic heterocycles. The molecule has 0 aliphatic heterocycles. The van der Waals surface area contributed by atoms with Crippen molar-refractivity contribution in [1.82, 2.24) is 12.8 Å². The Morgan fingerprint density at radius 3 is 2.89 bits per heavy atom. The van der Waals surface area contributed by atoms with Crippen LogP contribution in [-0.2, 0) is 6.61 Å². The second-order valence-corrected chi connectivity index (χ2v) is 5.84. The average molecular weight is 377 g/mol. The molecule has 0 aliphatic carbocycles. The summed E-state index contributed by atoms with van der Waals surface area (Å²) in [5.74, 6) is 0.425. The Hall–Kier alpha value is -1.45. The van der Waals surface area contributed by atoms with Gasteiger partial charge in [0.05, 0.1) is 0 Å². The molecule has 19 heavy (non-hydrogen) atoms. The van der Waals surface area contributed by atoms with Gasteiger partial charge in [0.15, 0.2) is 0 Å². The molecule has 0 aromatic carbocycles. The maximum atomic E-state index is 13.0. The Morgan fingerprint density at radius 1 is 1.42 bits per heavy atom. The molecule has 0 unspecified atom stereocenters. The van der Waals surface area contributed by atoms with Crippen LogP contribution in [-0.4, -0.2) is 34.0 Å². The molecular formula is C12H12FN3O2Te. The Bertz CT molecular complexity index is 645. The van der Waals surface area contributed by atoms with Crippen LogP contribution in [0.2, 0.25) is 4.97 Å². The van der Waals surface area contributed by atoms with Gasteiger partial charge in [-0.05, 0) is 0 Å². The number of nitrogens with zero attached hydrogens (tertiary/aromatic N) is 3. The molecule has 0 N–H and O–H groups in total. The van der Waals surface area contributed by atoms with Gasteiger partial charge in [-0.15, -0.1) is 0 Å². The molecule has 0 aliphatic rings. The molecule has 100 valence electrons. The fourth-order valence-corrected chi connectivity index (χ4v) is 3.08. The summed E-state index contributed by atoms with van der Waals surface area (Å²) in [6.45, 7) is 1.88. The van der Waals surface area contributed by atoms with E-state index in [1.54, 1.807) is 9.74 Å². The summed E-state index contributed by atoms with van der Waals surface area (Å²) in [5, 5.41) is 0. The molecule has 0 amide bonds. The number of rotatable bonds is 4. The Morgan fingerprint density at radius 2 is 2.21 bits per heavy atom. The monoisotopic (exact) mass is 379 g/mol. The summed E-state index contributed by atoms with van der Waals surface area (Å²) in [6.07, 6.45) is 2.52. The zero-order valence-corrected chi connectivity index (χ0v) is 12.8. The molecule has 5 nitrogen and oxygen atoms in total. The van der Waals surface area contributed by atoms with Crippen LogP contribution >= 0.6 is 0 Å². The van der Waals surface area contributed by atoms with Crippen LogP contribution in [0.15, 0.2) is 29.3 Å². The summed E-state index contributed by atoms with van der Waals surface area (Å²) in [4.78, 5) is 21.8. The Balaban J connectivity index is 2.22. The van der Waals surface area contributed by atoms with E-state index in [0.717, 1.165) is 6.20 Å². The number of pyridine rings is 1. The van der Waals surface area contributed by atoms with Crippen LogP contribution in [0.3, 0.4) is 0 Å². The van der Waals surface area contributed by atoms with Gasteiger partial charge in [-0.1, -0.05) is 0 Å². The van der Waals surface area contributed by atoms with E-state index in [2.05, 4.69) is 9.97 Å². The van der Waals surface area contributed by atoms with Crippen molar-refractivity contribution in [3.8, 4) is 5.75 Å². The van der Waals surface area contributed by atoms with Gasteiger partial charge in [-0.2, -0.15) is 0 Å². The van der Waals surface area contributed by atoms with Crippen LogP contribution in [0.4, 0.5) is 4.39 Å². The predicted molar refractivity (Wildman–Crippen MR) is 68.8 cm³/mol. The molecule has 2 rings (SSSR count). The van der Waals surface area contributed by atoms with E-state index >= 15 is 0 Å². The van der Waals surface area contributed by atoms with Crippen LogP contribution in [0.1, 0.15) is 11.5 Å². The van der Waals surface area contributed by atoms with Crippen molar-refractivity contribution in [2.75, 3.05) is 0 Å². The van der Waals surface area contributed by atoms with Gasteiger partial charge in [-0.25, -0.2) is 0 Å². The van der Waals surface area contributed by atoms with Gasteiger partial charge in [0.25, 0.3) is 0 Å². The van der Waals surface area contributed by atoms with Gasteiger partial charge in [0.1, 0.15) is 0 Å². The molecular weight excluding hydrogens is 365 g/mol. The summed E-state index contributed by atoms with van der Waals surface area (Å²) in [7, 11) is 0. The third kappa shape index (κ3) is 3.52. The minimum atomic E-state index is -0.640. The van der Waals surface area contributed by atoms with E-state index < -0.39 is 27.0 Å². The molecule has 7 heteroatoms. The van der Waals surface area contributed by atoms with E-state index in [0.29, 0.717) is 17.3 Å². The quantitative estimate of drug-likeness (QED) is 0.752. The molecule has 0 fully saturated rings. The predicted octanol–water partition coefficient (Wildman–Crippen LogP) is 1.18. The van der Waals surface area contributed by atoms with Crippen molar-refractivity contribution < 1.29 is 9.13 Å². The zero-order valence-electron chi connectivity index (χ0n) is 10.5. The number of aryl methyl sites for hydroxylation is 1. The van der Waals surface area contributed by atoms with Crippen LogP contribution < -0.4 is 10.3 Å². The molecule has 0 saturated carbocycles. The van der Waals surface area contributed by atoms with E-state index in [9.17, 15) is 9.18 Å². The first-order valence-corrected chi connectivity index (χ1v) is 8.85. The van der Waals surface area contributed by atoms with Gasteiger partial charge in [0.2, 0.25) is 0 Å². The fourth-order valence-electron chi connectivity index (χ4n) is 1.55. The SMILES string of the molecule is C[Te]n1c(COc2cncc(F)c2)nc(C)cc1=O. The second kappa shape index (κ2) is 6.13. The Labute approximate surface area is 119 Å². The van der Waals surface area contributed by atoms with Crippen molar-refractivity contribution in [1.29, 1.82) is 0 Å². The summed E-state index contributed by atoms with van der Waals surface area (Å²) in [6, 6.07) is 2.75. The zero-order chi connectivity index (χ0) is 13.8. The molecule has 0 saturated heterocycles. The third-order valence-electron chi connectivity index (χ3n) is 2.30. The molecule has 0 bridgehead atoms.